The number of rotatable bonds is 7. The molecule has 2 aromatic rings. The van der Waals surface area contributed by atoms with Gasteiger partial charge < -0.3 is 20.3 Å². The molecule has 0 unspecified atom stereocenters. The first kappa shape index (κ1) is 18.3. The van der Waals surface area contributed by atoms with Crippen LogP contribution in [0.3, 0.4) is 0 Å². The first-order chi connectivity index (χ1) is 11.8. The maximum Gasteiger partial charge on any atom is 0.347 e. The zero-order valence-electron chi connectivity index (χ0n) is 14.2. The summed E-state index contributed by atoms with van der Waals surface area (Å²) in [5.41, 5.74) is 0.184. The number of benzene rings is 2. The highest BCUT2D eigenvalue weighted by molar-refractivity contribution is 5.94. The summed E-state index contributed by atoms with van der Waals surface area (Å²) in [5.74, 6) is -0.647. The number of phenols is 1. The van der Waals surface area contributed by atoms with E-state index in [1.165, 1.54) is 26.0 Å². The molecule has 1 amide bonds. The van der Waals surface area contributed by atoms with Crippen molar-refractivity contribution in [1.29, 1.82) is 0 Å². The Balaban J connectivity index is 1.84. The number of hydrogen-bond donors (Lipinski definition) is 3. The van der Waals surface area contributed by atoms with Gasteiger partial charge in [0.05, 0.1) is 0 Å². The molecular formula is C19H21NO5. The maximum absolute atomic E-state index is 12.0. The number of carboxylic acids is 1. The summed E-state index contributed by atoms with van der Waals surface area (Å²) in [4.78, 5) is 23.0. The predicted octanol–water partition coefficient (Wildman–Crippen LogP) is 2.61. The minimum absolute atomic E-state index is 0.116. The van der Waals surface area contributed by atoms with E-state index in [0.29, 0.717) is 24.3 Å². The van der Waals surface area contributed by atoms with Crippen LogP contribution in [0.1, 0.15) is 29.8 Å². The monoisotopic (exact) mass is 343 g/mol. The van der Waals surface area contributed by atoms with Gasteiger partial charge in [-0.05, 0) is 62.2 Å². The molecule has 0 spiro atoms. The van der Waals surface area contributed by atoms with Gasteiger partial charge in [-0.2, -0.15) is 0 Å². The number of carbonyl (C=O) groups excluding carboxylic acids is 1. The molecule has 0 radical (unpaired) electrons. The largest absolute Gasteiger partial charge is 0.508 e. The Hall–Kier alpha value is -3.02. The molecule has 0 aliphatic rings. The van der Waals surface area contributed by atoms with E-state index in [2.05, 4.69) is 5.32 Å². The molecular weight excluding hydrogens is 322 g/mol. The van der Waals surface area contributed by atoms with Crippen molar-refractivity contribution in [3.8, 4) is 11.5 Å². The van der Waals surface area contributed by atoms with Crippen molar-refractivity contribution in [2.24, 2.45) is 0 Å². The predicted molar refractivity (Wildman–Crippen MR) is 92.9 cm³/mol. The lowest BCUT2D eigenvalue weighted by molar-refractivity contribution is -0.152. The van der Waals surface area contributed by atoms with Crippen LogP contribution < -0.4 is 10.1 Å². The number of amides is 1. The lowest BCUT2D eigenvalue weighted by atomic mass is 10.1. The minimum Gasteiger partial charge on any atom is -0.508 e. The molecule has 0 aliphatic carbocycles. The van der Waals surface area contributed by atoms with Crippen molar-refractivity contribution < 1.29 is 24.5 Å². The quantitative estimate of drug-likeness (QED) is 0.718. The van der Waals surface area contributed by atoms with Crippen LogP contribution in [0, 0.1) is 0 Å². The highest BCUT2D eigenvalue weighted by Crippen LogP contribution is 2.19. The van der Waals surface area contributed by atoms with Crippen LogP contribution in [-0.4, -0.2) is 34.2 Å². The van der Waals surface area contributed by atoms with Crippen molar-refractivity contribution in [3.63, 3.8) is 0 Å². The molecule has 0 fully saturated rings. The first-order valence-electron chi connectivity index (χ1n) is 7.86. The molecule has 6 nitrogen and oxygen atoms in total. The van der Waals surface area contributed by atoms with Crippen molar-refractivity contribution >= 4 is 11.9 Å². The van der Waals surface area contributed by atoms with Crippen LogP contribution in [0.4, 0.5) is 0 Å². The smallest absolute Gasteiger partial charge is 0.347 e. The van der Waals surface area contributed by atoms with Gasteiger partial charge in [0.15, 0.2) is 5.60 Å². The fraction of sp³-hybridized carbons (Fsp3) is 0.263. The van der Waals surface area contributed by atoms with Crippen LogP contribution in [0.2, 0.25) is 0 Å². The molecule has 0 atom stereocenters. The van der Waals surface area contributed by atoms with E-state index in [0.717, 1.165) is 5.56 Å². The highest BCUT2D eigenvalue weighted by Gasteiger charge is 2.29. The molecule has 6 heteroatoms. The van der Waals surface area contributed by atoms with Gasteiger partial charge in [0.1, 0.15) is 11.5 Å². The molecule has 3 N–H and O–H groups in total. The molecule has 0 bridgehead atoms. The van der Waals surface area contributed by atoms with Crippen LogP contribution in [-0.2, 0) is 11.2 Å². The van der Waals surface area contributed by atoms with Crippen LogP contribution in [0.5, 0.6) is 11.5 Å². The number of phenolic OH excluding ortho intramolecular Hbond substituents is 1. The number of aromatic hydroxyl groups is 1. The van der Waals surface area contributed by atoms with E-state index in [1.54, 1.807) is 24.3 Å². The van der Waals surface area contributed by atoms with Gasteiger partial charge in [-0.3, -0.25) is 4.79 Å². The van der Waals surface area contributed by atoms with Gasteiger partial charge in [-0.25, -0.2) is 4.79 Å². The summed E-state index contributed by atoms with van der Waals surface area (Å²) in [6.45, 7) is 3.44. The Morgan fingerprint density at radius 3 is 2.20 bits per heavy atom. The Bertz CT molecular complexity index is 735. The molecule has 0 saturated carbocycles. The maximum atomic E-state index is 12.0. The van der Waals surface area contributed by atoms with Crippen molar-refractivity contribution in [2.45, 2.75) is 25.9 Å². The minimum atomic E-state index is -1.29. The Kier molecular flexibility index (Phi) is 5.64. The number of hydrogen-bond acceptors (Lipinski definition) is 4. The number of carbonyl (C=O) groups is 2. The third-order valence-electron chi connectivity index (χ3n) is 3.64. The van der Waals surface area contributed by atoms with Crippen LogP contribution in [0.15, 0.2) is 48.5 Å². The Labute approximate surface area is 146 Å². The van der Waals surface area contributed by atoms with E-state index in [9.17, 15) is 14.7 Å². The Morgan fingerprint density at radius 1 is 1.04 bits per heavy atom. The highest BCUT2D eigenvalue weighted by atomic mass is 16.5. The average Bonchev–Trinajstić information content (AvgIpc) is 2.56. The van der Waals surface area contributed by atoms with E-state index in [4.69, 9.17) is 9.84 Å². The standard InChI is InChI=1S/C19H21NO5/c1-19(2,18(23)24)25-16-9-3-13(4-10-16)11-12-20-17(22)14-5-7-15(21)8-6-14/h3-10,21H,11-12H2,1-2H3,(H,20,22)(H,23,24). The van der Waals surface area contributed by atoms with Gasteiger partial charge in [-0.15, -0.1) is 0 Å². The van der Waals surface area contributed by atoms with Crippen LogP contribution in [0.25, 0.3) is 0 Å². The zero-order chi connectivity index (χ0) is 18.4. The summed E-state index contributed by atoms with van der Waals surface area (Å²) in [6, 6.07) is 13.1. The molecule has 0 aromatic heterocycles. The Morgan fingerprint density at radius 2 is 1.64 bits per heavy atom. The van der Waals surface area contributed by atoms with Crippen molar-refractivity contribution in [1.82, 2.24) is 5.32 Å². The van der Waals surface area contributed by atoms with E-state index >= 15 is 0 Å². The molecule has 0 aliphatic heterocycles. The van der Waals surface area contributed by atoms with Crippen molar-refractivity contribution in [2.75, 3.05) is 6.54 Å². The molecule has 132 valence electrons. The van der Waals surface area contributed by atoms with E-state index < -0.39 is 11.6 Å². The molecule has 2 aromatic carbocycles. The molecule has 25 heavy (non-hydrogen) atoms. The molecule has 2 rings (SSSR count). The number of nitrogens with one attached hydrogen (secondary N) is 1. The summed E-state index contributed by atoms with van der Waals surface area (Å²) in [6.07, 6.45) is 0.631. The topological polar surface area (TPSA) is 95.9 Å². The van der Waals surface area contributed by atoms with E-state index in [1.807, 2.05) is 12.1 Å². The third kappa shape index (κ3) is 5.24. The summed E-state index contributed by atoms with van der Waals surface area (Å²) in [5, 5.41) is 21.1. The molecule has 0 heterocycles. The summed E-state index contributed by atoms with van der Waals surface area (Å²) in [7, 11) is 0. The summed E-state index contributed by atoms with van der Waals surface area (Å²) >= 11 is 0. The van der Waals surface area contributed by atoms with Gasteiger partial charge in [0.2, 0.25) is 0 Å². The third-order valence-corrected chi connectivity index (χ3v) is 3.64. The second-order valence-electron chi connectivity index (χ2n) is 6.11. The van der Waals surface area contributed by atoms with Gasteiger partial charge in [-0.1, -0.05) is 12.1 Å². The molecule has 0 saturated heterocycles. The zero-order valence-corrected chi connectivity index (χ0v) is 14.2. The fourth-order valence-corrected chi connectivity index (χ4v) is 2.10. The van der Waals surface area contributed by atoms with Crippen LogP contribution >= 0.6 is 0 Å². The lowest BCUT2D eigenvalue weighted by Gasteiger charge is -2.21. The first-order valence-corrected chi connectivity index (χ1v) is 7.86. The lowest BCUT2D eigenvalue weighted by Crippen LogP contribution is -2.37. The summed E-state index contributed by atoms with van der Waals surface area (Å²) < 4.78 is 5.44. The number of ether oxygens (including phenoxy) is 1. The van der Waals surface area contributed by atoms with E-state index in [-0.39, 0.29) is 11.7 Å². The van der Waals surface area contributed by atoms with Gasteiger partial charge >= 0.3 is 5.97 Å². The fourth-order valence-electron chi connectivity index (χ4n) is 2.10. The average molecular weight is 343 g/mol. The SMILES string of the molecule is CC(C)(Oc1ccc(CCNC(=O)c2ccc(O)cc2)cc1)C(=O)O. The number of carboxylic acid groups (broad SMARTS) is 1. The second kappa shape index (κ2) is 7.70. The van der Waals surface area contributed by atoms with Gasteiger partial charge in [0.25, 0.3) is 5.91 Å². The second-order valence-corrected chi connectivity index (χ2v) is 6.11. The number of aliphatic carboxylic acids is 1. The van der Waals surface area contributed by atoms with Crippen molar-refractivity contribution in [3.05, 3.63) is 59.7 Å². The normalized spacial score (nSPS) is 11.0. The van der Waals surface area contributed by atoms with Gasteiger partial charge in [0, 0.05) is 12.1 Å².